The summed E-state index contributed by atoms with van der Waals surface area (Å²) in [7, 11) is 1.48. The number of methoxy groups -OCH3 is 1. The van der Waals surface area contributed by atoms with E-state index in [9.17, 15) is 4.79 Å². The van der Waals surface area contributed by atoms with Gasteiger partial charge in [0.25, 0.3) is 5.91 Å². The number of ether oxygens (including phenoxy) is 1. The second-order valence-electron chi connectivity index (χ2n) is 4.52. The van der Waals surface area contributed by atoms with E-state index in [2.05, 4.69) is 5.32 Å². The smallest absolute Gasteiger partial charge is 0.255 e. The van der Waals surface area contributed by atoms with Crippen LogP contribution in [0.1, 0.15) is 21.5 Å². The number of benzene rings is 2. The van der Waals surface area contributed by atoms with Crippen molar-refractivity contribution in [1.82, 2.24) is 0 Å². The fourth-order valence-electron chi connectivity index (χ4n) is 1.89. The number of nitriles is 1. The van der Waals surface area contributed by atoms with Crippen molar-refractivity contribution < 1.29 is 9.53 Å². The van der Waals surface area contributed by atoms with E-state index in [4.69, 9.17) is 15.7 Å². The van der Waals surface area contributed by atoms with Crippen molar-refractivity contribution in [2.24, 2.45) is 0 Å². The first kappa shape index (κ1) is 14.4. The first-order valence-electron chi connectivity index (χ1n) is 6.31. The van der Waals surface area contributed by atoms with E-state index >= 15 is 0 Å². The van der Waals surface area contributed by atoms with Gasteiger partial charge >= 0.3 is 0 Å². The van der Waals surface area contributed by atoms with Crippen LogP contribution in [0, 0.1) is 18.3 Å². The van der Waals surface area contributed by atoms with Gasteiger partial charge in [-0.15, -0.1) is 0 Å². The Morgan fingerprint density at radius 1 is 1.33 bits per heavy atom. The summed E-state index contributed by atoms with van der Waals surface area (Å²) in [6.45, 7) is 1.87. The number of nitrogen functional groups attached to an aromatic ring is 1. The molecule has 5 nitrogen and oxygen atoms in total. The monoisotopic (exact) mass is 281 g/mol. The largest absolute Gasteiger partial charge is 0.495 e. The summed E-state index contributed by atoms with van der Waals surface area (Å²) < 4.78 is 5.18. The van der Waals surface area contributed by atoms with Gasteiger partial charge in [-0.2, -0.15) is 5.26 Å². The number of aryl methyl sites for hydroxylation is 1. The molecule has 0 saturated heterocycles. The molecular formula is C16H15N3O2. The minimum absolute atomic E-state index is 0.336. The van der Waals surface area contributed by atoms with Gasteiger partial charge in [-0.25, -0.2) is 0 Å². The van der Waals surface area contributed by atoms with E-state index in [1.807, 2.05) is 13.0 Å². The van der Waals surface area contributed by atoms with Crippen LogP contribution in [0.15, 0.2) is 36.4 Å². The van der Waals surface area contributed by atoms with E-state index in [-0.39, 0.29) is 5.91 Å². The molecule has 21 heavy (non-hydrogen) atoms. The van der Waals surface area contributed by atoms with Crippen molar-refractivity contribution in [1.29, 1.82) is 5.26 Å². The number of hydrogen-bond donors (Lipinski definition) is 2. The number of nitrogens with zero attached hydrogens (tertiary/aromatic N) is 1. The lowest BCUT2D eigenvalue weighted by Crippen LogP contribution is -2.14. The molecule has 0 radical (unpaired) electrons. The lowest BCUT2D eigenvalue weighted by molar-refractivity contribution is 0.102. The maximum absolute atomic E-state index is 12.3. The zero-order valence-electron chi connectivity index (χ0n) is 11.8. The molecule has 106 valence electrons. The summed E-state index contributed by atoms with van der Waals surface area (Å²) >= 11 is 0. The number of carbonyl (C=O) groups is 1. The maximum atomic E-state index is 12.3. The number of hydrogen-bond acceptors (Lipinski definition) is 4. The predicted octanol–water partition coefficient (Wildman–Crippen LogP) is 2.71. The van der Waals surface area contributed by atoms with Gasteiger partial charge in [0.15, 0.2) is 0 Å². The topological polar surface area (TPSA) is 88.1 Å². The van der Waals surface area contributed by atoms with Crippen molar-refractivity contribution in [3.63, 3.8) is 0 Å². The molecule has 1 amide bonds. The number of anilines is 2. The van der Waals surface area contributed by atoms with Gasteiger partial charge in [0.2, 0.25) is 0 Å². The molecule has 0 aromatic heterocycles. The lowest BCUT2D eigenvalue weighted by atomic mass is 10.1. The van der Waals surface area contributed by atoms with E-state index < -0.39 is 0 Å². The van der Waals surface area contributed by atoms with Gasteiger partial charge in [0, 0.05) is 11.3 Å². The summed E-state index contributed by atoms with van der Waals surface area (Å²) in [5, 5.41) is 11.8. The Kier molecular flexibility index (Phi) is 4.10. The maximum Gasteiger partial charge on any atom is 0.255 e. The molecule has 0 fully saturated rings. The van der Waals surface area contributed by atoms with Crippen molar-refractivity contribution in [2.45, 2.75) is 6.92 Å². The highest BCUT2D eigenvalue weighted by molar-refractivity contribution is 6.06. The standard InChI is InChI=1S/C16H15N3O2/c1-10-6-7-11(8-13(10)18)16(20)19-15-12(9-17)4-3-5-14(15)21-2/h3-8H,18H2,1-2H3,(H,19,20). The molecule has 2 aromatic carbocycles. The summed E-state index contributed by atoms with van der Waals surface area (Å²) in [6.07, 6.45) is 0. The van der Waals surface area contributed by atoms with Crippen molar-refractivity contribution in [3.05, 3.63) is 53.1 Å². The number of nitrogens with two attached hydrogens (primary N) is 1. The second-order valence-corrected chi connectivity index (χ2v) is 4.52. The fraction of sp³-hybridized carbons (Fsp3) is 0.125. The number of amides is 1. The molecule has 0 saturated carbocycles. The number of nitrogens with one attached hydrogen (secondary N) is 1. The third-order valence-corrected chi connectivity index (χ3v) is 3.15. The quantitative estimate of drug-likeness (QED) is 0.847. The Labute approximate surface area is 123 Å². The number of para-hydroxylation sites is 1. The molecule has 0 aliphatic heterocycles. The van der Waals surface area contributed by atoms with Crippen LogP contribution in [0.25, 0.3) is 0 Å². The highest BCUT2D eigenvalue weighted by Crippen LogP contribution is 2.28. The first-order chi connectivity index (χ1) is 10.1. The Bertz CT molecular complexity index is 733. The summed E-state index contributed by atoms with van der Waals surface area (Å²) in [5.41, 5.74) is 8.37. The molecule has 0 bridgehead atoms. The zero-order chi connectivity index (χ0) is 15.4. The molecule has 3 N–H and O–H groups in total. The minimum Gasteiger partial charge on any atom is -0.495 e. The molecule has 2 aromatic rings. The molecule has 2 rings (SSSR count). The van der Waals surface area contributed by atoms with Crippen molar-refractivity contribution in [3.8, 4) is 11.8 Å². The van der Waals surface area contributed by atoms with Crippen LogP contribution in [0.2, 0.25) is 0 Å². The zero-order valence-corrected chi connectivity index (χ0v) is 11.8. The molecule has 5 heteroatoms. The summed E-state index contributed by atoms with van der Waals surface area (Å²) in [6, 6.07) is 12.1. The molecular weight excluding hydrogens is 266 g/mol. The molecule has 0 heterocycles. The van der Waals surface area contributed by atoms with E-state index in [1.54, 1.807) is 36.4 Å². The average Bonchev–Trinajstić information content (AvgIpc) is 2.50. The van der Waals surface area contributed by atoms with Gasteiger partial charge in [-0.1, -0.05) is 12.1 Å². The third kappa shape index (κ3) is 2.95. The van der Waals surface area contributed by atoms with Crippen LogP contribution in [0.3, 0.4) is 0 Å². The first-order valence-corrected chi connectivity index (χ1v) is 6.31. The number of rotatable bonds is 3. The second kappa shape index (κ2) is 5.97. The van der Waals surface area contributed by atoms with Crippen LogP contribution in [-0.4, -0.2) is 13.0 Å². The lowest BCUT2D eigenvalue weighted by Gasteiger charge is -2.12. The fourth-order valence-corrected chi connectivity index (χ4v) is 1.89. The van der Waals surface area contributed by atoms with Crippen molar-refractivity contribution >= 4 is 17.3 Å². The van der Waals surface area contributed by atoms with E-state index in [0.717, 1.165) is 5.56 Å². The van der Waals surface area contributed by atoms with Crippen molar-refractivity contribution in [2.75, 3.05) is 18.2 Å². The van der Waals surface area contributed by atoms with Crippen LogP contribution in [0.4, 0.5) is 11.4 Å². The minimum atomic E-state index is -0.345. The summed E-state index contributed by atoms with van der Waals surface area (Å²) in [5.74, 6) is 0.0881. The highest BCUT2D eigenvalue weighted by atomic mass is 16.5. The Balaban J connectivity index is 2.36. The van der Waals surface area contributed by atoms with Crippen LogP contribution in [-0.2, 0) is 0 Å². The Morgan fingerprint density at radius 2 is 2.10 bits per heavy atom. The van der Waals surface area contributed by atoms with Gasteiger partial charge < -0.3 is 15.8 Å². The molecule has 0 unspecified atom stereocenters. The van der Waals surface area contributed by atoms with E-state index in [0.29, 0.717) is 28.3 Å². The van der Waals surface area contributed by atoms with Gasteiger partial charge in [-0.3, -0.25) is 4.79 Å². The average molecular weight is 281 g/mol. The highest BCUT2D eigenvalue weighted by Gasteiger charge is 2.14. The van der Waals surface area contributed by atoms with Gasteiger partial charge in [0.05, 0.1) is 12.7 Å². The van der Waals surface area contributed by atoms with Crippen LogP contribution >= 0.6 is 0 Å². The Hall–Kier alpha value is -3.00. The molecule has 0 aliphatic rings. The molecule has 0 aliphatic carbocycles. The van der Waals surface area contributed by atoms with Crippen LogP contribution in [0.5, 0.6) is 5.75 Å². The Morgan fingerprint density at radius 3 is 2.71 bits per heavy atom. The predicted molar refractivity (Wildman–Crippen MR) is 81.3 cm³/mol. The van der Waals surface area contributed by atoms with E-state index in [1.165, 1.54) is 7.11 Å². The molecule has 0 atom stereocenters. The van der Waals surface area contributed by atoms with Gasteiger partial charge in [-0.05, 0) is 36.8 Å². The van der Waals surface area contributed by atoms with Gasteiger partial charge in [0.1, 0.15) is 17.5 Å². The molecule has 0 spiro atoms. The SMILES string of the molecule is COc1cccc(C#N)c1NC(=O)c1ccc(C)c(N)c1. The normalized spacial score (nSPS) is 9.76. The van der Waals surface area contributed by atoms with Crippen LogP contribution < -0.4 is 15.8 Å². The summed E-state index contributed by atoms with van der Waals surface area (Å²) in [4.78, 5) is 12.3. The number of carbonyl (C=O) groups excluding carboxylic acids is 1. The third-order valence-electron chi connectivity index (χ3n) is 3.15.